The average Bonchev–Trinajstić information content (AvgIpc) is 3.07. The molecule has 1 saturated carbocycles. The van der Waals surface area contributed by atoms with Crippen LogP contribution in [0, 0.1) is 6.92 Å². The summed E-state index contributed by atoms with van der Waals surface area (Å²) < 4.78 is 0. The van der Waals surface area contributed by atoms with E-state index in [1.165, 1.54) is 30.7 Å². The summed E-state index contributed by atoms with van der Waals surface area (Å²) in [5.41, 5.74) is 0.924. The van der Waals surface area contributed by atoms with Crippen LogP contribution in [-0.2, 0) is 0 Å². The molecule has 1 aliphatic carbocycles. The molecule has 4 nitrogen and oxygen atoms in total. The highest BCUT2D eigenvalue weighted by atomic mass is 35.5. The van der Waals surface area contributed by atoms with Crippen molar-refractivity contribution < 1.29 is 4.79 Å². The molecule has 0 aromatic carbocycles. The number of rotatable bonds is 2. The molecule has 126 valence electrons. The number of carbonyl (C=O) groups is 1. The number of hydrogen-bond acceptors (Lipinski definition) is 4. The first-order chi connectivity index (χ1) is 9.66. The number of piperazine rings is 1. The summed E-state index contributed by atoms with van der Waals surface area (Å²) in [6.07, 6.45) is 5.10. The van der Waals surface area contributed by atoms with E-state index in [1.54, 1.807) is 11.3 Å². The fourth-order valence-electron chi connectivity index (χ4n) is 3.24. The van der Waals surface area contributed by atoms with E-state index in [2.05, 4.69) is 17.2 Å². The van der Waals surface area contributed by atoms with Crippen molar-refractivity contribution >= 4 is 42.1 Å². The van der Waals surface area contributed by atoms with E-state index in [9.17, 15) is 4.79 Å². The third-order valence-electron chi connectivity index (χ3n) is 4.47. The van der Waals surface area contributed by atoms with Gasteiger partial charge in [0, 0.05) is 31.6 Å². The van der Waals surface area contributed by atoms with E-state index in [-0.39, 0.29) is 36.8 Å². The van der Waals surface area contributed by atoms with Crippen molar-refractivity contribution in [2.24, 2.45) is 0 Å². The predicted molar refractivity (Wildman–Crippen MR) is 95.9 cm³/mol. The number of thiazole rings is 1. The molecular formula is C15H25Cl2N3OS. The number of hydrogen-bond donors (Lipinski definition) is 1. The fourth-order valence-corrected chi connectivity index (χ4v) is 4.43. The third kappa shape index (κ3) is 3.94. The van der Waals surface area contributed by atoms with Crippen LogP contribution < -0.4 is 5.32 Å². The quantitative estimate of drug-likeness (QED) is 0.873. The maximum Gasteiger partial charge on any atom is 0.266 e. The van der Waals surface area contributed by atoms with Gasteiger partial charge in [-0.2, -0.15) is 0 Å². The zero-order chi connectivity index (χ0) is 14.1. The minimum atomic E-state index is 0. The van der Waals surface area contributed by atoms with Gasteiger partial charge in [-0.25, -0.2) is 4.98 Å². The van der Waals surface area contributed by atoms with Gasteiger partial charge in [0.15, 0.2) is 0 Å². The van der Waals surface area contributed by atoms with E-state index < -0.39 is 0 Å². The minimum absolute atomic E-state index is 0. The van der Waals surface area contributed by atoms with Crippen molar-refractivity contribution in [3.05, 3.63) is 15.6 Å². The highest BCUT2D eigenvalue weighted by Gasteiger charge is 2.29. The summed E-state index contributed by atoms with van der Waals surface area (Å²) >= 11 is 1.64. The Kier molecular flexibility index (Phi) is 7.59. The summed E-state index contributed by atoms with van der Waals surface area (Å²) in [6, 6.07) is 0.271. The topological polar surface area (TPSA) is 45.2 Å². The molecule has 7 heteroatoms. The highest BCUT2D eigenvalue weighted by molar-refractivity contribution is 7.13. The van der Waals surface area contributed by atoms with Crippen molar-refractivity contribution in [1.29, 1.82) is 0 Å². The molecule has 1 aliphatic heterocycles. The van der Waals surface area contributed by atoms with Gasteiger partial charge >= 0.3 is 0 Å². The zero-order valence-electron chi connectivity index (χ0n) is 13.1. The molecule has 1 aromatic rings. The van der Waals surface area contributed by atoms with Gasteiger partial charge in [-0.3, -0.25) is 4.79 Å². The van der Waals surface area contributed by atoms with Crippen LogP contribution in [0.5, 0.6) is 0 Å². The molecule has 2 aliphatic rings. The number of aromatic nitrogens is 1. The Morgan fingerprint density at radius 2 is 2.00 bits per heavy atom. The van der Waals surface area contributed by atoms with E-state index in [4.69, 9.17) is 0 Å². The molecule has 1 unspecified atom stereocenters. The maximum atomic E-state index is 12.7. The minimum Gasteiger partial charge on any atom is -0.333 e. The van der Waals surface area contributed by atoms with E-state index in [1.807, 2.05) is 11.8 Å². The van der Waals surface area contributed by atoms with Crippen molar-refractivity contribution in [3.8, 4) is 0 Å². The van der Waals surface area contributed by atoms with Gasteiger partial charge < -0.3 is 10.2 Å². The molecule has 22 heavy (non-hydrogen) atoms. The van der Waals surface area contributed by atoms with Crippen LogP contribution in [0.2, 0.25) is 0 Å². The normalized spacial score (nSPS) is 22.1. The van der Waals surface area contributed by atoms with E-state index >= 15 is 0 Å². The number of carbonyl (C=O) groups excluding carboxylic acids is 1. The number of halogens is 2. The maximum absolute atomic E-state index is 12.7. The van der Waals surface area contributed by atoms with Crippen LogP contribution in [0.3, 0.4) is 0 Å². The fraction of sp³-hybridized carbons (Fsp3) is 0.733. The average molecular weight is 366 g/mol. The first kappa shape index (κ1) is 19.7. The largest absolute Gasteiger partial charge is 0.333 e. The molecule has 0 bridgehead atoms. The summed E-state index contributed by atoms with van der Waals surface area (Å²) in [5.74, 6) is 0.777. The van der Waals surface area contributed by atoms with Crippen molar-refractivity contribution in [2.75, 3.05) is 19.6 Å². The summed E-state index contributed by atoms with van der Waals surface area (Å²) in [7, 11) is 0. The monoisotopic (exact) mass is 365 g/mol. The van der Waals surface area contributed by atoms with Gasteiger partial charge in [-0.1, -0.05) is 12.8 Å². The second kappa shape index (κ2) is 8.48. The van der Waals surface area contributed by atoms with Gasteiger partial charge in [-0.15, -0.1) is 36.2 Å². The second-order valence-electron chi connectivity index (χ2n) is 6.00. The molecule has 1 N–H and O–H groups in total. The molecule has 0 radical (unpaired) electrons. The number of nitrogens with zero attached hydrogens (tertiary/aromatic N) is 2. The number of nitrogens with one attached hydrogen (secondary N) is 1. The highest BCUT2D eigenvalue weighted by Crippen LogP contribution is 2.37. The lowest BCUT2D eigenvalue weighted by atomic mass is 10.1. The molecule has 1 aromatic heterocycles. The van der Waals surface area contributed by atoms with Crippen LogP contribution >= 0.6 is 36.2 Å². The Bertz CT molecular complexity index is 503. The molecule has 2 fully saturated rings. The lowest BCUT2D eigenvalue weighted by molar-refractivity contribution is 0.0660. The molecule has 1 atom stereocenters. The lowest BCUT2D eigenvalue weighted by Crippen LogP contribution is -2.52. The first-order valence-electron chi connectivity index (χ1n) is 7.66. The molecule has 1 amide bonds. The van der Waals surface area contributed by atoms with Crippen LogP contribution in [0.1, 0.15) is 58.9 Å². The molecule has 1 saturated heterocycles. The van der Waals surface area contributed by atoms with Crippen molar-refractivity contribution in [2.45, 2.75) is 51.5 Å². The Labute approximate surface area is 148 Å². The van der Waals surface area contributed by atoms with Gasteiger partial charge in [0.2, 0.25) is 0 Å². The van der Waals surface area contributed by atoms with Crippen molar-refractivity contribution in [3.63, 3.8) is 0 Å². The Morgan fingerprint density at radius 3 is 2.64 bits per heavy atom. The molecule has 2 heterocycles. The molecule has 3 rings (SSSR count). The van der Waals surface area contributed by atoms with Crippen molar-refractivity contribution in [1.82, 2.24) is 15.2 Å². The van der Waals surface area contributed by atoms with Gasteiger partial charge in [-0.05, 0) is 26.7 Å². The summed E-state index contributed by atoms with van der Waals surface area (Å²) in [4.78, 5) is 20.3. The smallest absolute Gasteiger partial charge is 0.266 e. The third-order valence-corrected chi connectivity index (χ3v) is 5.78. The van der Waals surface area contributed by atoms with Gasteiger partial charge in [0.05, 0.1) is 10.7 Å². The zero-order valence-corrected chi connectivity index (χ0v) is 15.6. The Morgan fingerprint density at radius 1 is 1.32 bits per heavy atom. The van der Waals surface area contributed by atoms with Gasteiger partial charge in [0.25, 0.3) is 5.91 Å². The number of amides is 1. The first-order valence-corrected chi connectivity index (χ1v) is 8.47. The Balaban J connectivity index is 0.00000121. The van der Waals surface area contributed by atoms with Crippen LogP contribution in [-0.4, -0.2) is 41.5 Å². The molecular weight excluding hydrogens is 341 g/mol. The lowest BCUT2D eigenvalue weighted by Gasteiger charge is -2.33. The molecule has 0 spiro atoms. The second-order valence-corrected chi connectivity index (χ2v) is 7.03. The van der Waals surface area contributed by atoms with Gasteiger partial charge in [0.1, 0.15) is 4.88 Å². The van der Waals surface area contributed by atoms with Crippen LogP contribution in [0.25, 0.3) is 0 Å². The van der Waals surface area contributed by atoms with E-state index in [0.717, 1.165) is 30.2 Å². The summed E-state index contributed by atoms with van der Waals surface area (Å²) in [5, 5.41) is 4.52. The predicted octanol–water partition coefficient (Wildman–Crippen LogP) is 3.39. The Hall–Kier alpha value is -0.360. The SMILES string of the molecule is Cc1nc(C2CCCC2)sc1C(=O)N1CCNCC1C.Cl.Cl. The standard InChI is InChI=1S/C15H23N3OS.2ClH/c1-10-9-16-7-8-18(10)15(19)13-11(2)17-14(20-13)12-5-3-4-6-12;;/h10,12,16H,3-9H2,1-2H3;2*1H. The summed E-state index contributed by atoms with van der Waals surface area (Å²) in [6.45, 7) is 6.67. The van der Waals surface area contributed by atoms with E-state index in [0.29, 0.717) is 5.92 Å². The van der Waals surface area contributed by atoms with Crippen LogP contribution in [0.4, 0.5) is 0 Å². The number of aryl methyl sites for hydroxylation is 1. The van der Waals surface area contributed by atoms with Crippen LogP contribution in [0.15, 0.2) is 0 Å².